The standard InChI is InChI=1S/C24H27N5O3/c1-17(21-7-5-6-14-25-21)26-22-13-10-19(15-23(22)29(31)32)24(30)28(4)16-18-8-11-20(12-9-18)27(2)3/h5-15,17,26H,16H2,1-4H3. The van der Waals surface area contributed by atoms with Crippen LogP contribution in [0.3, 0.4) is 0 Å². The zero-order valence-electron chi connectivity index (χ0n) is 18.6. The van der Waals surface area contributed by atoms with Crippen LogP contribution < -0.4 is 10.2 Å². The minimum atomic E-state index is -0.482. The van der Waals surface area contributed by atoms with Crippen molar-refractivity contribution in [2.75, 3.05) is 31.4 Å². The van der Waals surface area contributed by atoms with E-state index in [0.29, 0.717) is 12.2 Å². The molecule has 32 heavy (non-hydrogen) atoms. The molecule has 1 aromatic heterocycles. The number of hydrogen-bond acceptors (Lipinski definition) is 6. The second kappa shape index (κ2) is 9.91. The molecule has 2 aromatic carbocycles. The number of amides is 1. The van der Waals surface area contributed by atoms with E-state index in [0.717, 1.165) is 16.9 Å². The molecule has 1 heterocycles. The van der Waals surface area contributed by atoms with Gasteiger partial charge in [0.15, 0.2) is 0 Å². The first-order chi connectivity index (χ1) is 15.3. The highest BCUT2D eigenvalue weighted by Crippen LogP contribution is 2.29. The highest BCUT2D eigenvalue weighted by molar-refractivity contribution is 5.95. The average Bonchev–Trinajstić information content (AvgIpc) is 2.79. The lowest BCUT2D eigenvalue weighted by Gasteiger charge is -2.19. The number of rotatable bonds is 8. The average molecular weight is 434 g/mol. The molecular formula is C24H27N5O3. The topological polar surface area (TPSA) is 91.6 Å². The molecule has 8 nitrogen and oxygen atoms in total. The Labute approximate surface area is 187 Å². The summed E-state index contributed by atoms with van der Waals surface area (Å²) in [5.74, 6) is -0.283. The molecule has 0 saturated heterocycles. The number of benzene rings is 2. The number of hydrogen-bond donors (Lipinski definition) is 1. The van der Waals surface area contributed by atoms with Crippen LogP contribution in [-0.4, -0.2) is 41.9 Å². The summed E-state index contributed by atoms with van der Waals surface area (Å²) in [5.41, 5.74) is 3.26. The second-order valence-electron chi connectivity index (χ2n) is 7.83. The molecule has 0 radical (unpaired) electrons. The number of carbonyl (C=O) groups is 1. The monoisotopic (exact) mass is 433 g/mol. The highest BCUT2D eigenvalue weighted by atomic mass is 16.6. The number of nitro benzene ring substituents is 1. The fourth-order valence-corrected chi connectivity index (χ4v) is 3.34. The Hall–Kier alpha value is -3.94. The normalized spacial score (nSPS) is 11.5. The predicted molar refractivity (Wildman–Crippen MR) is 126 cm³/mol. The summed E-state index contributed by atoms with van der Waals surface area (Å²) >= 11 is 0. The third kappa shape index (κ3) is 5.40. The van der Waals surface area contributed by atoms with E-state index in [1.807, 2.05) is 68.4 Å². The van der Waals surface area contributed by atoms with Crippen molar-refractivity contribution in [3.8, 4) is 0 Å². The van der Waals surface area contributed by atoms with Crippen LogP contribution in [0, 0.1) is 10.1 Å². The molecule has 0 aliphatic carbocycles. The van der Waals surface area contributed by atoms with Crippen LogP contribution in [-0.2, 0) is 6.54 Å². The van der Waals surface area contributed by atoms with Crippen LogP contribution in [0.15, 0.2) is 66.9 Å². The number of nitro groups is 1. The lowest BCUT2D eigenvalue weighted by molar-refractivity contribution is -0.384. The number of aromatic nitrogens is 1. The van der Waals surface area contributed by atoms with E-state index in [-0.39, 0.29) is 23.2 Å². The smallest absolute Gasteiger partial charge is 0.293 e. The van der Waals surface area contributed by atoms with Crippen molar-refractivity contribution in [1.29, 1.82) is 0 Å². The molecule has 1 N–H and O–H groups in total. The molecule has 0 bridgehead atoms. The third-order valence-electron chi connectivity index (χ3n) is 5.16. The van der Waals surface area contributed by atoms with Crippen molar-refractivity contribution < 1.29 is 9.72 Å². The zero-order chi connectivity index (χ0) is 23.3. The van der Waals surface area contributed by atoms with Gasteiger partial charge in [-0.25, -0.2) is 0 Å². The van der Waals surface area contributed by atoms with Crippen molar-refractivity contribution >= 4 is 23.0 Å². The van der Waals surface area contributed by atoms with E-state index in [9.17, 15) is 14.9 Å². The number of nitrogens with zero attached hydrogens (tertiary/aromatic N) is 4. The molecule has 166 valence electrons. The van der Waals surface area contributed by atoms with Gasteiger partial charge in [-0.15, -0.1) is 0 Å². The summed E-state index contributed by atoms with van der Waals surface area (Å²) in [6.45, 7) is 2.28. The quantitative estimate of drug-likeness (QED) is 0.415. The van der Waals surface area contributed by atoms with E-state index in [4.69, 9.17) is 0 Å². The molecule has 0 saturated carbocycles. The summed E-state index contributed by atoms with van der Waals surface area (Å²) in [4.78, 5) is 31.9. The highest BCUT2D eigenvalue weighted by Gasteiger charge is 2.21. The van der Waals surface area contributed by atoms with Gasteiger partial charge in [0.2, 0.25) is 0 Å². The molecule has 3 aromatic rings. The number of nitrogens with one attached hydrogen (secondary N) is 1. The molecule has 0 fully saturated rings. The van der Waals surface area contributed by atoms with Crippen LogP contribution in [0.5, 0.6) is 0 Å². The zero-order valence-corrected chi connectivity index (χ0v) is 18.6. The van der Waals surface area contributed by atoms with Crippen molar-refractivity contribution in [3.63, 3.8) is 0 Å². The van der Waals surface area contributed by atoms with Gasteiger partial charge in [0, 0.05) is 51.2 Å². The fourth-order valence-electron chi connectivity index (χ4n) is 3.34. The molecular weight excluding hydrogens is 406 g/mol. The van der Waals surface area contributed by atoms with E-state index in [1.165, 1.54) is 6.07 Å². The van der Waals surface area contributed by atoms with Crippen LogP contribution in [0.2, 0.25) is 0 Å². The minimum absolute atomic E-state index is 0.151. The van der Waals surface area contributed by atoms with E-state index in [2.05, 4.69) is 10.3 Å². The van der Waals surface area contributed by atoms with Gasteiger partial charge >= 0.3 is 0 Å². The summed E-state index contributed by atoms with van der Waals surface area (Å²) in [6.07, 6.45) is 1.67. The SMILES string of the molecule is CC(Nc1ccc(C(=O)N(C)Cc2ccc(N(C)C)cc2)cc1[N+](=O)[O-])c1ccccn1. The molecule has 0 aliphatic heterocycles. The summed E-state index contributed by atoms with van der Waals surface area (Å²) in [6, 6.07) is 17.7. The first kappa shape index (κ1) is 22.7. The van der Waals surface area contributed by atoms with E-state index in [1.54, 1.807) is 30.3 Å². The maximum Gasteiger partial charge on any atom is 0.293 e. The van der Waals surface area contributed by atoms with Crippen molar-refractivity contribution in [2.45, 2.75) is 19.5 Å². The molecule has 1 unspecified atom stereocenters. The Balaban J connectivity index is 1.76. The molecule has 0 aliphatic rings. The van der Waals surface area contributed by atoms with Gasteiger partial charge in [0.1, 0.15) is 5.69 Å². The summed E-state index contributed by atoms with van der Waals surface area (Å²) in [7, 11) is 5.61. The molecule has 3 rings (SSSR count). The first-order valence-corrected chi connectivity index (χ1v) is 10.2. The Morgan fingerprint density at radius 2 is 1.81 bits per heavy atom. The molecule has 0 spiro atoms. The Morgan fingerprint density at radius 1 is 1.09 bits per heavy atom. The Bertz CT molecular complexity index is 1080. The van der Waals surface area contributed by atoms with Gasteiger partial charge in [-0.05, 0) is 48.9 Å². The number of carbonyl (C=O) groups excluding carboxylic acids is 1. The third-order valence-corrected chi connectivity index (χ3v) is 5.16. The predicted octanol–water partition coefficient (Wildman–Crippen LogP) is 4.50. The van der Waals surface area contributed by atoms with Gasteiger partial charge in [0.25, 0.3) is 11.6 Å². The molecule has 1 atom stereocenters. The summed E-state index contributed by atoms with van der Waals surface area (Å²) in [5, 5.41) is 14.8. The summed E-state index contributed by atoms with van der Waals surface area (Å²) < 4.78 is 0. The maximum absolute atomic E-state index is 12.9. The van der Waals surface area contributed by atoms with Crippen LogP contribution >= 0.6 is 0 Å². The van der Waals surface area contributed by atoms with E-state index < -0.39 is 4.92 Å². The molecule has 8 heteroatoms. The minimum Gasteiger partial charge on any atom is -0.378 e. The van der Waals surface area contributed by atoms with Gasteiger partial charge in [-0.3, -0.25) is 19.9 Å². The van der Waals surface area contributed by atoms with Gasteiger partial charge in [-0.2, -0.15) is 0 Å². The van der Waals surface area contributed by atoms with Crippen molar-refractivity contribution in [1.82, 2.24) is 9.88 Å². The lowest BCUT2D eigenvalue weighted by atomic mass is 10.1. The maximum atomic E-state index is 12.9. The molecule has 1 amide bonds. The van der Waals surface area contributed by atoms with Crippen LogP contribution in [0.4, 0.5) is 17.1 Å². The van der Waals surface area contributed by atoms with Crippen molar-refractivity contribution in [3.05, 3.63) is 93.8 Å². The van der Waals surface area contributed by atoms with Gasteiger partial charge in [-0.1, -0.05) is 18.2 Å². The van der Waals surface area contributed by atoms with E-state index >= 15 is 0 Å². The van der Waals surface area contributed by atoms with Gasteiger partial charge in [0.05, 0.1) is 16.7 Å². The lowest BCUT2D eigenvalue weighted by Crippen LogP contribution is -2.26. The largest absolute Gasteiger partial charge is 0.378 e. The van der Waals surface area contributed by atoms with Crippen molar-refractivity contribution in [2.24, 2.45) is 0 Å². The number of anilines is 2. The number of pyridine rings is 1. The Morgan fingerprint density at radius 3 is 2.41 bits per heavy atom. The fraction of sp³-hybridized carbons (Fsp3) is 0.250. The second-order valence-corrected chi connectivity index (χ2v) is 7.83. The van der Waals surface area contributed by atoms with Gasteiger partial charge < -0.3 is 15.1 Å². The van der Waals surface area contributed by atoms with Crippen LogP contribution in [0.25, 0.3) is 0 Å². The Kier molecular flexibility index (Phi) is 7.04. The van der Waals surface area contributed by atoms with Crippen LogP contribution in [0.1, 0.15) is 34.6 Å². The first-order valence-electron chi connectivity index (χ1n) is 10.2.